The number of halogens is 5. The highest BCUT2D eigenvalue weighted by Crippen LogP contribution is 2.39. The maximum Gasteiger partial charge on any atom is 0.684 e. The molecule has 0 aromatic carbocycles. The second-order valence-corrected chi connectivity index (χ2v) is 4.99. The molecule has 0 fully saturated rings. The molecular weight excluding hydrogens is 283 g/mol. The average molecular weight is 298 g/mol. The van der Waals surface area contributed by atoms with Crippen LogP contribution < -0.4 is 0 Å². The minimum Gasteiger partial charge on any atom is -0.351 e. The SMILES string of the molecule is CCO[Si](OCC)(OCC)OC(F)(F)C(F)(F)F. The second kappa shape index (κ2) is 6.75. The Labute approximate surface area is 102 Å². The summed E-state index contributed by atoms with van der Waals surface area (Å²) in [6, 6.07) is 0. The average Bonchev–Trinajstić information content (AvgIpc) is 2.15. The van der Waals surface area contributed by atoms with Gasteiger partial charge in [-0.15, -0.1) is 0 Å². The van der Waals surface area contributed by atoms with Crippen molar-refractivity contribution in [2.24, 2.45) is 0 Å². The highest BCUT2D eigenvalue weighted by Gasteiger charge is 2.66. The lowest BCUT2D eigenvalue weighted by molar-refractivity contribution is -0.379. The Morgan fingerprint density at radius 2 is 1.11 bits per heavy atom. The van der Waals surface area contributed by atoms with Crippen LogP contribution in [0.1, 0.15) is 20.8 Å². The molecule has 0 amide bonds. The molecule has 0 saturated carbocycles. The molecule has 0 unspecified atom stereocenters. The Balaban J connectivity index is 5.07. The fourth-order valence-corrected chi connectivity index (χ4v) is 2.88. The van der Waals surface area contributed by atoms with Gasteiger partial charge in [-0.05, 0) is 20.8 Å². The minimum absolute atomic E-state index is 0.180. The standard InChI is InChI=1S/C8H15F5O4Si/c1-4-14-18(15-5-2,16-6-3)17-8(12,13)7(9,10)11/h4-6H2,1-3H3. The lowest BCUT2D eigenvalue weighted by Crippen LogP contribution is -2.57. The van der Waals surface area contributed by atoms with Crippen molar-refractivity contribution in [3.05, 3.63) is 0 Å². The fraction of sp³-hybridized carbons (Fsp3) is 1.00. The van der Waals surface area contributed by atoms with Crippen LogP contribution in [-0.4, -0.2) is 41.2 Å². The number of hydrogen-bond donors (Lipinski definition) is 0. The summed E-state index contributed by atoms with van der Waals surface area (Å²) in [6.45, 7) is 3.65. The summed E-state index contributed by atoms with van der Waals surface area (Å²) in [4.78, 5) is 0. The third-order valence-corrected chi connectivity index (χ3v) is 3.98. The third-order valence-electron chi connectivity index (χ3n) is 1.55. The highest BCUT2D eigenvalue weighted by atomic mass is 28.4. The molecule has 0 atom stereocenters. The molecule has 0 saturated heterocycles. The largest absolute Gasteiger partial charge is 0.684 e. The van der Waals surface area contributed by atoms with Gasteiger partial charge in [-0.2, -0.15) is 22.0 Å². The summed E-state index contributed by atoms with van der Waals surface area (Å²) in [5, 5.41) is 0. The normalized spacial score (nSPS) is 14.0. The zero-order chi connectivity index (χ0) is 14.4. The lowest BCUT2D eigenvalue weighted by Gasteiger charge is -2.31. The van der Waals surface area contributed by atoms with Crippen LogP contribution in [0.2, 0.25) is 0 Å². The molecule has 0 aliphatic carbocycles. The van der Waals surface area contributed by atoms with Crippen molar-refractivity contribution in [2.45, 2.75) is 33.1 Å². The van der Waals surface area contributed by atoms with Crippen molar-refractivity contribution in [1.29, 1.82) is 0 Å². The van der Waals surface area contributed by atoms with E-state index in [-0.39, 0.29) is 19.8 Å². The predicted octanol–water partition coefficient (Wildman–Crippen LogP) is 2.70. The Morgan fingerprint density at radius 1 is 0.778 bits per heavy atom. The lowest BCUT2D eigenvalue weighted by atomic mass is 10.6. The highest BCUT2D eigenvalue weighted by molar-refractivity contribution is 6.53. The van der Waals surface area contributed by atoms with Crippen LogP contribution in [0.4, 0.5) is 22.0 Å². The van der Waals surface area contributed by atoms with Crippen molar-refractivity contribution in [1.82, 2.24) is 0 Å². The van der Waals surface area contributed by atoms with E-state index in [2.05, 4.69) is 4.43 Å². The predicted molar refractivity (Wildman–Crippen MR) is 52.7 cm³/mol. The molecule has 10 heteroatoms. The molecule has 0 aliphatic rings. The summed E-state index contributed by atoms with van der Waals surface area (Å²) < 4.78 is 79.8. The van der Waals surface area contributed by atoms with Crippen LogP contribution in [-0.2, 0) is 17.7 Å². The molecule has 110 valence electrons. The maximum absolute atomic E-state index is 12.8. The van der Waals surface area contributed by atoms with E-state index in [9.17, 15) is 22.0 Å². The summed E-state index contributed by atoms with van der Waals surface area (Å²) in [6.07, 6.45) is -11.3. The van der Waals surface area contributed by atoms with Crippen LogP contribution in [0.25, 0.3) is 0 Å². The first-order chi connectivity index (χ1) is 8.14. The molecule has 0 aliphatic heterocycles. The van der Waals surface area contributed by atoms with E-state index in [0.717, 1.165) is 0 Å². The molecule has 0 aromatic rings. The number of hydrogen-bond acceptors (Lipinski definition) is 4. The minimum atomic E-state index is -5.86. The topological polar surface area (TPSA) is 36.9 Å². The van der Waals surface area contributed by atoms with Crippen LogP contribution >= 0.6 is 0 Å². The van der Waals surface area contributed by atoms with Gasteiger partial charge >= 0.3 is 21.3 Å². The molecule has 0 heterocycles. The van der Waals surface area contributed by atoms with Crippen molar-refractivity contribution in [2.75, 3.05) is 19.8 Å². The van der Waals surface area contributed by atoms with E-state index in [4.69, 9.17) is 13.3 Å². The van der Waals surface area contributed by atoms with Gasteiger partial charge in [0, 0.05) is 19.8 Å². The Kier molecular flexibility index (Phi) is 6.64. The Hall–Kier alpha value is -0.293. The zero-order valence-corrected chi connectivity index (χ0v) is 11.1. The van der Waals surface area contributed by atoms with E-state index < -0.39 is 21.3 Å². The number of rotatable bonds is 8. The fourth-order valence-electron chi connectivity index (χ4n) is 0.959. The zero-order valence-electron chi connectivity index (χ0n) is 10.1. The van der Waals surface area contributed by atoms with Crippen molar-refractivity contribution < 1.29 is 39.7 Å². The van der Waals surface area contributed by atoms with Gasteiger partial charge in [0.2, 0.25) is 0 Å². The molecule has 0 aromatic heterocycles. The quantitative estimate of drug-likeness (QED) is 0.510. The van der Waals surface area contributed by atoms with Crippen LogP contribution in [0.15, 0.2) is 0 Å². The van der Waals surface area contributed by atoms with Gasteiger partial charge in [-0.1, -0.05) is 0 Å². The van der Waals surface area contributed by atoms with E-state index in [1.807, 2.05) is 0 Å². The van der Waals surface area contributed by atoms with Crippen molar-refractivity contribution >= 4 is 9.05 Å². The van der Waals surface area contributed by atoms with Gasteiger partial charge in [0.05, 0.1) is 0 Å². The third kappa shape index (κ3) is 4.76. The van der Waals surface area contributed by atoms with Gasteiger partial charge in [0.25, 0.3) is 0 Å². The van der Waals surface area contributed by atoms with E-state index >= 15 is 0 Å². The van der Waals surface area contributed by atoms with Gasteiger partial charge < -0.3 is 13.3 Å². The van der Waals surface area contributed by atoms with E-state index in [1.54, 1.807) is 0 Å². The molecule has 0 radical (unpaired) electrons. The first kappa shape index (κ1) is 17.7. The first-order valence-electron chi connectivity index (χ1n) is 5.20. The van der Waals surface area contributed by atoms with Crippen LogP contribution in [0.3, 0.4) is 0 Å². The Bertz CT molecular complexity index is 231. The van der Waals surface area contributed by atoms with E-state index in [0.29, 0.717) is 0 Å². The smallest absolute Gasteiger partial charge is 0.351 e. The van der Waals surface area contributed by atoms with E-state index in [1.165, 1.54) is 20.8 Å². The molecule has 0 bridgehead atoms. The van der Waals surface area contributed by atoms with Crippen LogP contribution in [0, 0.1) is 0 Å². The summed E-state index contributed by atoms with van der Waals surface area (Å²) in [5.41, 5.74) is 0. The Morgan fingerprint density at radius 3 is 1.33 bits per heavy atom. The second-order valence-electron chi connectivity index (χ2n) is 2.92. The monoisotopic (exact) mass is 298 g/mol. The molecular formula is C8H15F5O4Si. The molecule has 4 nitrogen and oxygen atoms in total. The summed E-state index contributed by atoms with van der Waals surface area (Å²) in [7, 11) is -4.51. The van der Waals surface area contributed by atoms with Crippen molar-refractivity contribution in [3.8, 4) is 0 Å². The van der Waals surface area contributed by atoms with Gasteiger partial charge in [-0.3, -0.25) is 4.43 Å². The number of alkyl halides is 5. The molecule has 0 N–H and O–H groups in total. The molecule has 0 spiro atoms. The van der Waals surface area contributed by atoms with Gasteiger partial charge in [0.1, 0.15) is 0 Å². The summed E-state index contributed by atoms with van der Waals surface area (Å²) in [5.74, 6) is 0. The van der Waals surface area contributed by atoms with Gasteiger partial charge in [-0.25, -0.2) is 0 Å². The first-order valence-corrected chi connectivity index (χ1v) is 6.84. The van der Waals surface area contributed by atoms with Crippen LogP contribution in [0.5, 0.6) is 0 Å². The molecule has 0 rings (SSSR count). The molecule has 18 heavy (non-hydrogen) atoms. The van der Waals surface area contributed by atoms with Crippen molar-refractivity contribution in [3.63, 3.8) is 0 Å². The summed E-state index contributed by atoms with van der Waals surface area (Å²) >= 11 is 0. The maximum atomic E-state index is 12.8. The van der Waals surface area contributed by atoms with Gasteiger partial charge in [0.15, 0.2) is 0 Å².